The lowest BCUT2D eigenvalue weighted by atomic mass is 9.93. The number of fused-ring (bicyclic) bond motifs is 1. The van der Waals surface area contributed by atoms with Crippen LogP contribution in [0.3, 0.4) is 0 Å². The summed E-state index contributed by atoms with van der Waals surface area (Å²) in [5.74, 6) is -2.05. The lowest BCUT2D eigenvalue weighted by molar-refractivity contribution is -0.136. The van der Waals surface area contributed by atoms with Crippen LogP contribution in [0, 0.1) is 0 Å². The van der Waals surface area contributed by atoms with Crippen molar-refractivity contribution in [2.75, 3.05) is 6.54 Å². The number of hydrogen-bond donors (Lipinski definition) is 2. The molecule has 0 fully saturated rings. The molecule has 0 atom stereocenters. The maximum Gasteiger partial charge on any atom is 0.305 e. The van der Waals surface area contributed by atoms with Crippen molar-refractivity contribution in [1.29, 1.82) is 0 Å². The Morgan fingerprint density at radius 3 is 2.50 bits per heavy atom. The van der Waals surface area contributed by atoms with Gasteiger partial charge in [0, 0.05) is 29.4 Å². The van der Waals surface area contributed by atoms with E-state index in [9.17, 15) is 14.4 Å². The van der Waals surface area contributed by atoms with Crippen molar-refractivity contribution < 1.29 is 19.5 Å². The molecule has 0 heterocycles. The summed E-state index contributed by atoms with van der Waals surface area (Å²) < 4.78 is 0. The molecule has 1 aromatic rings. The van der Waals surface area contributed by atoms with E-state index in [-0.39, 0.29) is 13.0 Å². The Morgan fingerprint density at radius 2 is 1.83 bits per heavy atom. The van der Waals surface area contributed by atoms with Crippen molar-refractivity contribution in [2.24, 2.45) is 0 Å². The van der Waals surface area contributed by atoms with E-state index in [4.69, 9.17) is 5.11 Å². The fourth-order valence-corrected chi connectivity index (χ4v) is 1.77. The van der Waals surface area contributed by atoms with E-state index in [1.165, 1.54) is 6.08 Å². The average Bonchev–Trinajstić information content (AvgIpc) is 2.35. The van der Waals surface area contributed by atoms with Crippen LogP contribution in [-0.4, -0.2) is 29.2 Å². The minimum Gasteiger partial charge on any atom is -0.481 e. The number of hydrogen-bond acceptors (Lipinski definition) is 4. The van der Waals surface area contributed by atoms with E-state index in [2.05, 4.69) is 5.32 Å². The van der Waals surface area contributed by atoms with Gasteiger partial charge in [-0.1, -0.05) is 24.3 Å². The van der Waals surface area contributed by atoms with Crippen molar-refractivity contribution in [1.82, 2.24) is 5.32 Å². The molecule has 92 valence electrons. The molecule has 0 aliphatic heterocycles. The second-order valence-corrected chi connectivity index (χ2v) is 3.87. The van der Waals surface area contributed by atoms with Crippen molar-refractivity contribution in [2.45, 2.75) is 6.42 Å². The highest BCUT2D eigenvalue weighted by atomic mass is 16.4. The largest absolute Gasteiger partial charge is 0.481 e. The molecular formula is C13H11NO4. The first-order valence-electron chi connectivity index (χ1n) is 5.45. The Labute approximate surface area is 103 Å². The third-order valence-electron chi connectivity index (χ3n) is 2.62. The van der Waals surface area contributed by atoms with Gasteiger partial charge in [-0.2, -0.15) is 0 Å². The number of nitrogens with one attached hydrogen (secondary N) is 1. The number of rotatable bonds is 4. The van der Waals surface area contributed by atoms with Gasteiger partial charge in [-0.05, 0) is 0 Å². The van der Waals surface area contributed by atoms with Gasteiger partial charge in [-0.25, -0.2) is 0 Å². The summed E-state index contributed by atoms with van der Waals surface area (Å²) >= 11 is 0. The molecule has 0 unspecified atom stereocenters. The molecule has 0 amide bonds. The quantitative estimate of drug-likeness (QED) is 0.768. The second-order valence-electron chi connectivity index (χ2n) is 3.87. The molecule has 1 aliphatic rings. The topological polar surface area (TPSA) is 83.5 Å². The van der Waals surface area contributed by atoms with Crippen LogP contribution in [0.15, 0.2) is 30.3 Å². The summed E-state index contributed by atoms with van der Waals surface area (Å²) in [5.41, 5.74) is 1.48. The zero-order chi connectivity index (χ0) is 13.1. The minimum atomic E-state index is -0.922. The van der Waals surface area contributed by atoms with Crippen LogP contribution in [0.4, 0.5) is 0 Å². The van der Waals surface area contributed by atoms with Crippen molar-refractivity contribution in [3.05, 3.63) is 41.5 Å². The Balaban J connectivity index is 2.25. The second kappa shape index (κ2) is 4.83. The van der Waals surface area contributed by atoms with E-state index in [0.717, 1.165) is 0 Å². The highest BCUT2D eigenvalue weighted by molar-refractivity contribution is 6.50. The SMILES string of the molecule is O=C(O)CCNC1=CC(=O)C(=O)c2ccccc21. The molecule has 18 heavy (non-hydrogen) atoms. The molecule has 1 aromatic carbocycles. The van der Waals surface area contributed by atoms with Crippen LogP contribution in [0.1, 0.15) is 22.3 Å². The van der Waals surface area contributed by atoms with Crippen LogP contribution in [0.2, 0.25) is 0 Å². The minimum absolute atomic E-state index is 0.0539. The van der Waals surface area contributed by atoms with Crippen molar-refractivity contribution >= 4 is 23.2 Å². The number of carbonyl (C=O) groups excluding carboxylic acids is 2. The normalized spacial score (nSPS) is 13.9. The van der Waals surface area contributed by atoms with Gasteiger partial charge in [0.05, 0.1) is 6.42 Å². The van der Waals surface area contributed by atoms with Gasteiger partial charge >= 0.3 is 5.97 Å². The fourth-order valence-electron chi connectivity index (χ4n) is 1.77. The number of carbonyl (C=O) groups is 3. The smallest absolute Gasteiger partial charge is 0.305 e. The Bertz CT molecular complexity index is 560. The van der Waals surface area contributed by atoms with Crippen LogP contribution < -0.4 is 5.32 Å². The number of carboxylic acids is 1. The number of Topliss-reactive ketones (excluding diaryl/α,β-unsaturated/α-hetero) is 1. The number of carboxylic acid groups (broad SMARTS) is 1. The van der Waals surface area contributed by atoms with E-state index >= 15 is 0 Å². The van der Waals surface area contributed by atoms with E-state index in [1.54, 1.807) is 24.3 Å². The Morgan fingerprint density at radius 1 is 1.17 bits per heavy atom. The van der Waals surface area contributed by atoms with Gasteiger partial charge in [0.15, 0.2) is 0 Å². The molecule has 0 spiro atoms. The highest BCUT2D eigenvalue weighted by Crippen LogP contribution is 2.22. The Hall–Kier alpha value is -2.43. The van der Waals surface area contributed by atoms with Gasteiger partial charge in [-0.3, -0.25) is 14.4 Å². The number of benzene rings is 1. The third-order valence-corrected chi connectivity index (χ3v) is 2.62. The van der Waals surface area contributed by atoms with E-state index in [1.807, 2.05) is 0 Å². The third kappa shape index (κ3) is 2.29. The van der Waals surface area contributed by atoms with Crippen LogP contribution >= 0.6 is 0 Å². The van der Waals surface area contributed by atoms with Gasteiger partial charge in [0.25, 0.3) is 0 Å². The molecule has 5 heteroatoms. The zero-order valence-electron chi connectivity index (χ0n) is 9.47. The molecule has 0 radical (unpaired) electrons. The predicted octanol–water partition coefficient (Wildman–Crippen LogP) is 0.857. The fraction of sp³-hybridized carbons (Fsp3) is 0.154. The van der Waals surface area contributed by atoms with Crippen molar-refractivity contribution in [3.8, 4) is 0 Å². The monoisotopic (exact) mass is 245 g/mol. The lowest BCUT2D eigenvalue weighted by Gasteiger charge is -2.17. The van der Waals surface area contributed by atoms with Gasteiger partial charge < -0.3 is 10.4 Å². The van der Waals surface area contributed by atoms with Gasteiger partial charge in [0.2, 0.25) is 11.6 Å². The summed E-state index contributed by atoms with van der Waals surface area (Å²) in [4.78, 5) is 33.5. The zero-order valence-corrected chi connectivity index (χ0v) is 9.47. The van der Waals surface area contributed by atoms with Crippen LogP contribution in [0.25, 0.3) is 5.70 Å². The van der Waals surface area contributed by atoms with Crippen LogP contribution in [0.5, 0.6) is 0 Å². The first-order valence-corrected chi connectivity index (χ1v) is 5.45. The standard InChI is InChI=1S/C13H11NO4/c15-11-7-10(14-6-5-12(16)17)8-3-1-2-4-9(8)13(11)18/h1-4,7,14H,5-6H2,(H,16,17). The molecule has 0 saturated carbocycles. The molecule has 1 aliphatic carbocycles. The number of allylic oxidation sites excluding steroid dienone is 1. The van der Waals surface area contributed by atoms with Crippen molar-refractivity contribution in [3.63, 3.8) is 0 Å². The molecule has 2 rings (SSSR count). The summed E-state index contributed by atoms with van der Waals surface area (Å²) in [6.45, 7) is 0.205. The number of ketones is 2. The van der Waals surface area contributed by atoms with Crippen LogP contribution in [-0.2, 0) is 9.59 Å². The molecule has 0 saturated heterocycles. The van der Waals surface area contributed by atoms with Gasteiger partial charge in [-0.15, -0.1) is 0 Å². The maximum absolute atomic E-state index is 11.6. The molecule has 5 nitrogen and oxygen atoms in total. The summed E-state index contributed by atoms with van der Waals surface area (Å²) in [5, 5.41) is 11.4. The van der Waals surface area contributed by atoms with E-state index in [0.29, 0.717) is 16.8 Å². The summed E-state index contributed by atoms with van der Waals surface area (Å²) in [6.07, 6.45) is 1.16. The average molecular weight is 245 g/mol. The first-order chi connectivity index (χ1) is 8.59. The van der Waals surface area contributed by atoms with Gasteiger partial charge in [0.1, 0.15) is 0 Å². The summed E-state index contributed by atoms with van der Waals surface area (Å²) in [6, 6.07) is 6.75. The number of aliphatic carboxylic acids is 1. The first kappa shape index (κ1) is 12.0. The lowest BCUT2D eigenvalue weighted by Crippen LogP contribution is -2.25. The molecule has 0 bridgehead atoms. The highest BCUT2D eigenvalue weighted by Gasteiger charge is 2.24. The molecular weight excluding hydrogens is 234 g/mol. The molecule has 0 aromatic heterocycles. The Kier molecular flexibility index (Phi) is 3.23. The summed E-state index contributed by atoms with van der Waals surface area (Å²) in [7, 11) is 0. The maximum atomic E-state index is 11.6. The predicted molar refractivity (Wildman–Crippen MR) is 64.0 cm³/mol. The van der Waals surface area contributed by atoms with E-state index < -0.39 is 17.5 Å². The molecule has 2 N–H and O–H groups in total.